The molecule has 1 aromatic carbocycles. The third kappa shape index (κ3) is 4.49. The van der Waals surface area contributed by atoms with Crippen molar-refractivity contribution >= 4 is 17.6 Å². The van der Waals surface area contributed by atoms with E-state index in [0.29, 0.717) is 0 Å². The molecule has 0 aliphatic heterocycles. The van der Waals surface area contributed by atoms with Crippen LogP contribution in [0.5, 0.6) is 5.75 Å². The Bertz CT molecular complexity index is 524. The Morgan fingerprint density at radius 2 is 1.90 bits per heavy atom. The van der Waals surface area contributed by atoms with Crippen molar-refractivity contribution < 1.29 is 28.2 Å². The number of amides is 1. The number of Topliss-reactive ketones (excluding diaryl/α,β-unsaturated/α-hetero) is 1. The van der Waals surface area contributed by atoms with E-state index in [9.17, 15) is 23.5 Å². The molecule has 20 heavy (non-hydrogen) atoms. The van der Waals surface area contributed by atoms with Crippen LogP contribution in [0, 0.1) is 0 Å². The minimum absolute atomic E-state index is 0.175. The van der Waals surface area contributed by atoms with Gasteiger partial charge in [0.2, 0.25) is 5.78 Å². The molecule has 0 spiro atoms. The number of nitrogens with one attached hydrogen (secondary N) is 1. The number of carbonyl (C=O) groups excluding carboxylic acids is 2. The van der Waals surface area contributed by atoms with Crippen molar-refractivity contribution in [3.63, 3.8) is 0 Å². The molecular formula is C13H15F2NO4. The van der Waals surface area contributed by atoms with E-state index in [-0.39, 0.29) is 17.0 Å². The van der Waals surface area contributed by atoms with Gasteiger partial charge in [-0.3, -0.25) is 10.1 Å². The number of phenols is 1. The quantitative estimate of drug-likeness (QED) is 0.661. The summed E-state index contributed by atoms with van der Waals surface area (Å²) in [5.41, 5.74) is -1.24. The number of carbonyl (C=O) groups is 2. The van der Waals surface area contributed by atoms with Gasteiger partial charge in [0.25, 0.3) is 0 Å². The molecule has 0 fully saturated rings. The van der Waals surface area contributed by atoms with Gasteiger partial charge in [0.05, 0.1) is 5.69 Å². The monoisotopic (exact) mass is 287 g/mol. The second-order valence-corrected chi connectivity index (χ2v) is 5.02. The van der Waals surface area contributed by atoms with E-state index < -0.39 is 23.9 Å². The van der Waals surface area contributed by atoms with Crippen LogP contribution in [-0.2, 0) is 4.74 Å². The number of phenolic OH excluding ortho intramolecular Hbond substituents is 1. The first kappa shape index (κ1) is 15.9. The van der Waals surface area contributed by atoms with E-state index in [1.807, 2.05) is 0 Å². The van der Waals surface area contributed by atoms with Gasteiger partial charge >= 0.3 is 12.5 Å². The van der Waals surface area contributed by atoms with Crippen molar-refractivity contribution in [2.75, 3.05) is 5.32 Å². The van der Waals surface area contributed by atoms with Crippen LogP contribution >= 0.6 is 0 Å². The molecule has 0 bridgehead atoms. The van der Waals surface area contributed by atoms with Crippen LogP contribution in [0.2, 0.25) is 0 Å². The molecule has 7 heteroatoms. The normalized spacial score (nSPS) is 11.3. The van der Waals surface area contributed by atoms with Crippen molar-refractivity contribution in [3.05, 3.63) is 23.8 Å². The Labute approximate surface area is 114 Å². The first-order valence-corrected chi connectivity index (χ1v) is 5.75. The zero-order chi connectivity index (χ0) is 15.5. The molecule has 2 N–H and O–H groups in total. The molecule has 1 amide bonds. The zero-order valence-corrected chi connectivity index (χ0v) is 11.2. The second kappa shape index (κ2) is 5.85. The number of aromatic hydroxyl groups is 1. The highest BCUT2D eigenvalue weighted by atomic mass is 19.3. The summed E-state index contributed by atoms with van der Waals surface area (Å²) in [5, 5.41) is 11.7. The number of anilines is 1. The number of rotatable bonds is 3. The van der Waals surface area contributed by atoms with Crippen LogP contribution in [0.25, 0.3) is 0 Å². The van der Waals surface area contributed by atoms with Gasteiger partial charge < -0.3 is 9.84 Å². The predicted octanol–water partition coefficient (Wildman–Crippen LogP) is 3.19. The van der Waals surface area contributed by atoms with Gasteiger partial charge in [-0.2, -0.15) is 0 Å². The van der Waals surface area contributed by atoms with E-state index in [2.05, 4.69) is 5.32 Å². The maximum absolute atomic E-state index is 12.3. The van der Waals surface area contributed by atoms with Crippen molar-refractivity contribution in [3.8, 4) is 5.75 Å². The fraction of sp³-hybridized carbons (Fsp3) is 0.385. The fourth-order valence-corrected chi connectivity index (χ4v) is 1.33. The van der Waals surface area contributed by atoms with Crippen molar-refractivity contribution in [2.24, 2.45) is 0 Å². The summed E-state index contributed by atoms with van der Waals surface area (Å²) in [4.78, 5) is 22.7. The maximum atomic E-state index is 12.3. The number of hydrogen-bond acceptors (Lipinski definition) is 4. The van der Waals surface area contributed by atoms with Crippen LogP contribution in [0.1, 0.15) is 31.1 Å². The molecular weight excluding hydrogens is 272 g/mol. The molecule has 0 saturated heterocycles. The molecule has 0 radical (unpaired) electrons. The molecule has 5 nitrogen and oxygen atoms in total. The minimum atomic E-state index is -3.16. The first-order valence-electron chi connectivity index (χ1n) is 5.75. The summed E-state index contributed by atoms with van der Waals surface area (Å²) in [5.74, 6) is -1.75. The molecule has 0 aliphatic rings. The highest BCUT2D eigenvalue weighted by Gasteiger charge is 2.21. The van der Waals surface area contributed by atoms with Gasteiger partial charge in [-0.1, -0.05) is 0 Å². The third-order valence-corrected chi connectivity index (χ3v) is 2.11. The number of benzene rings is 1. The van der Waals surface area contributed by atoms with Crippen molar-refractivity contribution in [1.29, 1.82) is 0 Å². The Balaban J connectivity index is 2.93. The summed E-state index contributed by atoms with van der Waals surface area (Å²) in [7, 11) is 0. The number of hydrogen-bond donors (Lipinski definition) is 2. The Morgan fingerprint density at radius 3 is 2.40 bits per heavy atom. The van der Waals surface area contributed by atoms with Crippen molar-refractivity contribution in [1.82, 2.24) is 0 Å². The summed E-state index contributed by atoms with van der Waals surface area (Å²) >= 11 is 0. The lowest BCUT2D eigenvalue weighted by atomic mass is 10.1. The van der Waals surface area contributed by atoms with Crippen LogP contribution in [-0.4, -0.2) is 29.0 Å². The van der Waals surface area contributed by atoms with E-state index >= 15 is 0 Å². The van der Waals surface area contributed by atoms with Crippen LogP contribution < -0.4 is 5.32 Å². The fourth-order valence-electron chi connectivity index (χ4n) is 1.33. The lowest BCUT2D eigenvalue weighted by Crippen LogP contribution is -2.27. The molecule has 1 aromatic rings. The summed E-state index contributed by atoms with van der Waals surface area (Å²) in [6, 6.07) is 3.06. The largest absolute Gasteiger partial charge is 0.506 e. The highest BCUT2D eigenvalue weighted by molar-refractivity contribution is 6.00. The topological polar surface area (TPSA) is 75.6 Å². The number of halogens is 2. The average molecular weight is 287 g/mol. The molecule has 0 atom stereocenters. The standard InChI is InChI=1S/C13H15F2NO4/c1-13(2,3)20-12(19)16-8-6-7(4-5-9(8)17)10(18)11(14)15/h4-6,11,17H,1-3H3,(H,16,19). The second-order valence-electron chi connectivity index (χ2n) is 5.02. The Morgan fingerprint density at radius 1 is 1.30 bits per heavy atom. The average Bonchev–Trinajstić information content (AvgIpc) is 2.28. The summed E-state index contributed by atoms with van der Waals surface area (Å²) in [6.07, 6.45) is -4.02. The zero-order valence-electron chi connectivity index (χ0n) is 11.2. The number of ketones is 1. The maximum Gasteiger partial charge on any atom is 0.412 e. The SMILES string of the molecule is CC(C)(C)OC(=O)Nc1cc(C(=O)C(F)F)ccc1O. The van der Waals surface area contributed by atoms with E-state index in [1.165, 1.54) is 0 Å². The molecule has 0 saturated carbocycles. The van der Waals surface area contributed by atoms with Gasteiger partial charge in [0, 0.05) is 5.56 Å². The van der Waals surface area contributed by atoms with Crippen LogP contribution in [0.15, 0.2) is 18.2 Å². The Hall–Kier alpha value is -2.18. The van der Waals surface area contributed by atoms with Gasteiger partial charge in [-0.15, -0.1) is 0 Å². The Kier molecular flexibility index (Phi) is 4.65. The van der Waals surface area contributed by atoms with Gasteiger partial charge in [0.1, 0.15) is 11.4 Å². The van der Waals surface area contributed by atoms with Crippen molar-refractivity contribution in [2.45, 2.75) is 32.8 Å². The number of ether oxygens (including phenoxy) is 1. The lowest BCUT2D eigenvalue weighted by Gasteiger charge is -2.20. The molecule has 110 valence electrons. The molecule has 0 heterocycles. The lowest BCUT2D eigenvalue weighted by molar-refractivity contribution is 0.0633. The minimum Gasteiger partial charge on any atom is -0.506 e. The highest BCUT2D eigenvalue weighted by Crippen LogP contribution is 2.26. The summed E-state index contributed by atoms with van der Waals surface area (Å²) < 4.78 is 29.6. The van der Waals surface area contributed by atoms with E-state index in [0.717, 1.165) is 18.2 Å². The van der Waals surface area contributed by atoms with Gasteiger partial charge in [0.15, 0.2) is 0 Å². The van der Waals surface area contributed by atoms with E-state index in [4.69, 9.17) is 4.74 Å². The van der Waals surface area contributed by atoms with Crippen LogP contribution in [0.3, 0.4) is 0 Å². The van der Waals surface area contributed by atoms with Gasteiger partial charge in [-0.05, 0) is 39.0 Å². The van der Waals surface area contributed by atoms with E-state index in [1.54, 1.807) is 20.8 Å². The molecule has 1 rings (SSSR count). The molecule has 0 aromatic heterocycles. The molecule has 0 unspecified atom stereocenters. The number of alkyl halides is 2. The molecule has 0 aliphatic carbocycles. The smallest absolute Gasteiger partial charge is 0.412 e. The van der Waals surface area contributed by atoms with Gasteiger partial charge in [-0.25, -0.2) is 13.6 Å². The first-order chi connectivity index (χ1) is 9.10. The predicted molar refractivity (Wildman–Crippen MR) is 68.3 cm³/mol. The van der Waals surface area contributed by atoms with Crippen LogP contribution in [0.4, 0.5) is 19.3 Å². The summed E-state index contributed by atoms with van der Waals surface area (Å²) in [6.45, 7) is 4.93. The third-order valence-electron chi connectivity index (χ3n) is 2.11.